The normalized spacial score (nSPS) is 11.8. The van der Waals surface area contributed by atoms with Gasteiger partial charge in [-0.3, -0.25) is 14.3 Å². The van der Waals surface area contributed by atoms with Crippen LogP contribution in [0.2, 0.25) is 0 Å². The number of H-pyrrole nitrogens is 1. The smallest absolute Gasteiger partial charge is 0.328 e. The zero-order chi connectivity index (χ0) is 25.0. The van der Waals surface area contributed by atoms with Gasteiger partial charge < -0.3 is 31.8 Å². The molecule has 0 bridgehead atoms. The van der Waals surface area contributed by atoms with Crippen molar-refractivity contribution in [1.29, 1.82) is 0 Å². The van der Waals surface area contributed by atoms with Crippen molar-refractivity contribution in [3.63, 3.8) is 0 Å². The number of nitrogens with zero attached hydrogens (tertiary/aromatic N) is 3. The molecule has 12 heteroatoms. The second-order valence-corrected chi connectivity index (χ2v) is 8.13. The Kier molecular flexibility index (Phi) is 9.60. The lowest BCUT2D eigenvalue weighted by Crippen LogP contribution is -2.48. The number of aromatic amines is 1. The van der Waals surface area contributed by atoms with E-state index in [0.29, 0.717) is 25.1 Å². The van der Waals surface area contributed by atoms with Gasteiger partial charge in [-0.15, -0.1) is 0 Å². The Balaban J connectivity index is 1.49. The second kappa shape index (κ2) is 13.1. The quantitative estimate of drug-likeness (QED) is 0.173. The Morgan fingerprint density at radius 3 is 2.77 bits per heavy atom. The number of carbonyl (C=O) groups excluding carboxylic acids is 2. The molecule has 1 aromatic carbocycles. The number of nitrogens with two attached hydrogens (primary N) is 1. The summed E-state index contributed by atoms with van der Waals surface area (Å²) in [6, 6.07) is 3.99. The number of aromatic nitrogens is 4. The molecule has 12 nitrogen and oxygen atoms in total. The number of carboxylic acid groups (broad SMARTS) is 1. The third-order valence-electron chi connectivity index (χ3n) is 5.45. The number of carboxylic acids is 1. The van der Waals surface area contributed by atoms with Gasteiger partial charge in [-0.25, -0.2) is 9.78 Å². The predicted octanol–water partition coefficient (Wildman–Crippen LogP) is 1.08. The number of aliphatic carboxylic acids is 1. The van der Waals surface area contributed by atoms with Gasteiger partial charge in [0.25, 0.3) is 5.91 Å². The summed E-state index contributed by atoms with van der Waals surface area (Å²) in [6.45, 7) is 1.75. The van der Waals surface area contributed by atoms with E-state index >= 15 is 0 Å². The molecule has 0 aliphatic carbocycles. The molecule has 2 heterocycles. The van der Waals surface area contributed by atoms with Crippen LogP contribution in [0.15, 0.2) is 36.8 Å². The number of amides is 2. The number of unbranched alkanes of at least 4 members (excludes halogenated alkanes) is 2. The van der Waals surface area contributed by atoms with Crippen molar-refractivity contribution in [3.05, 3.63) is 42.4 Å². The van der Waals surface area contributed by atoms with Gasteiger partial charge in [0.05, 0.1) is 11.7 Å². The van der Waals surface area contributed by atoms with Gasteiger partial charge in [-0.1, -0.05) is 6.42 Å². The first-order valence-corrected chi connectivity index (χ1v) is 11.7. The van der Waals surface area contributed by atoms with Crippen LogP contribution in [0.4, 0.5) is 5.95 Å². The van der Waals surface area contributed by atoms with Crippen molar-refractivity contribution < 1.29 is 19.5 Å². The SMILES string of the molecule is NCCCCCC(=O)NC(CNC(=O)c1ccc2c(cnn2CCCNc2ncc[nH]2)c1)C(=O)O. The number of benzene rings is 1. The molecule has 3 rings (SSSR count). The summed E-state index contributed by atoms with van der Waals surface area (Å²) in [5, 5.41) is 22.8. The van der Waals surface area contributed by atoms with Crippen LogP contribution in [0, 0.1) is 0 Å². The zero-order valence-corrected chi connectivity index (χ0v) is 19.5. The van der Waals surface area contributed by atoms with Crippen molar-refractivity contribution in [2.75, 3.05) is 25.0 Å². The summed E-state index contributed by atoms with van der Waals surface area (Å²) < 4.78 is 1.87. The Bertz CT molecular complexity index is 1110. The highest BCUT2D eigenvalue weighted by Crippen LogP contribution is 2.16. The third kappa shape index (κ3) is 7.81. The van der Waals surface area contributed by atoms with E-state index < -0.39 is 17.9 Å². The molecule has 1 atom stereocenters. The zero-order valence-electron chi connectivity index (χ0n) is 19.5. The lowest BCUT2D eigenvalue weighted by atomic mass is 10.1. The van der Waals surface area contributed by atoms with Gasteiger partial charge in [0, 0.05) is 49.4 Å². The Morgan fingerprint density at radius 1 is 1.17 bits per heavy atom. The first-order chi connectivity index (χ1) is 17.0. The first kappa shape index (κ1) is 25.7. The Morgan fingerprint density at radius 2 is 2.03 bits per heavy atom. The molecule has 35 heavy (non-hydrogen) atoms. The van der Waals surface area contributed by atoms with E-state index in [1.807, 2.05) is 10.7 Å². The van der Waals surface area contributed by atoms with Crippen LogP contribution in [0.5, 0.6) is 0 Å². The Labute approximate surface area is 202 Å². The van der Waals surface area contributed by atoms with E-state index in [4.69, 9.17) is 5.73 Å². The van der Waals surface area contributed by atoms with Crippen molar-refractivity contribution in [2.45, 2.75) is 44.7 Å². The van der Waals surface area contributed by atoms with Gasteiger partial charge in [0.2, 0.25) is 5.91 Å². The number of rotatable bonds is 15. The number of anilines is 1. The molecular weight excluding hydrogens is 452 g/mol. The lowest BCUT2D eigenvalue weighted by Gasteiger charge is -2.15. The van der Waals surface area contributed by atoms with E-state index in [1.165, 1.54) is 0 Å². The standard InChI is InChI=1S/C23H32N8O4/c24-8-3-1-2-5-20(32)30-18(22(34)35)15-28-21(33)16-6-7-19-17(13-16)14-29-31(19)12-4-9-25-23-26-10-11-27-23/h6-7,10-11,13-14,18H,1-5,8-9,12,15,24H2,(H,28,33)(H,30,32)(H,34,35)(H2,25,26,27). The van der Waals surface area contributed by atoms with E-state index in [0.717, 1.165) is 42.7 Å². The molecule has 0 aliphatic heterocycles. The average Bonchev–Trinajstić information content (AvgIpc) is 3.51. The highest BCUT2D eigenvalue weighted by Gasteiger charge is 2.21. The van der Waals surface area contributed by atoms with Crippen molar-refractivity contribution in [3.8, 4) is 0 Å². The van der Waals surface area contributed by atoms with Crippen LogP contribution in [-0.4, -0.2) is 68.3 Å². The topological polar surface area (TPSA) is 180 Å². The maximum absolute atomic E-state index is 12.6. The molecule has 0 fully saturated rings. The van der Waals surface area contributed by atoms with E-state index in [2.05, 4.69) is 31.0 Å². The van der Waals surface area contributed by atoms with Crippen LogP contribution in [0.25, 0.3) is 10.9 Å². The average molecular weight is 485 g/mol. The summed E-state index contributed by atoms with van der Waals surface area (Å²) in [5.74, 6) is -1.28. The molecule has 7 N–H and O–H groups in total. The minimum atomic E-state index is -1.21. The molecule has 2 aromatic heterocycles. The fourth-order valence-corrected chi connectivity index (χ4v) is 3.57. The number of nitrogens with one attached hydrogen (secondary N) is 4. The molecule has 0 aliphatic rings. The molecule has 0 spiro atoms. The van der Waals surface area contributed by atoms with Gasteiger partial charge in [0.15, 0.2) is 5.95 Å². The molecule has 1 unspecified atom stereocenters. The molecule has 3 aromatic rings. The summed E-state index contributed by atoms with van der Waals surface area (Å²) in [7, 11) is 0. The van der Waals surface area contributed by atoms with Gasteiger partial charge in [0.1, 0.15) is 6.04 Å². The van der Waals surface area contributed by atoms with Crippen molar-refractivity contribution in [1.82, 2.24) is 30.4 Å². The summed E-state index contributed by atoms with van der Waals surface area (Å²) >= 11 is 0. The predicted molar refractivity (Wildman–Crippen MR) is 131 cm³/mol. The maximum Gasteiger partial charge on any atom is 0.328 e. The molecule has 2 amide bonds. The van der Waals surface area contributed by atoms with Crippen molar-refractivity contribution in [2.24, 2.45) is 5.73 Å². The number of carbonyl (C=O) groups is 3. The van der Waals surface area contributed by atoms with Crippen molar-refractivity contribution >= 4 is 34.6 Å². The van der Waals surface area contributed by atoms with E-state index in [-0.39, 0.29) is 18.9 Å². The fourth-order valence-electron chi connectivity index (χ4n) is 3.57. The third-order valence-corrected chi connectivity index (χ3v) is 5.45. The fraction of sp³-hybridized carbons (Fsp3) is 0.435. The van der Waals surface area contributed by atoms with Crippen LogP contribution < -0.4 is 21.7 Å². The van der Waals surface area contributed by atoms with E-state index in [9.17, 15) is 19.5 Å². The maximum atomic E-state index is 12.6. The highest BCUT2D eigenvalue weighted by atomic mass is 16.4. The summed E-state index contributed by atoms with van der Waals surface area (Å²) in [4.78, 5) is 43.2. The largest absolute Gasteiger partial charge is 0.480 e. The van der Waals surface area contributed by atoms with Gasteiger partial charge in [-0.2, -0.15) is 5.10 Å². The highest BCUT2D eigenvalue weighted by molar-refractivity contribution is 5.98. The lowest BCUT2D eigenvalue weighted by molar-refractivity contribution is -0.141. The number of hydrogen-bond donors (Lipinski definition) is 6. The molecule has 0 radical (unpaired) electrons. The summed E-state index contributed by atoms with van der Waals surface area (Å²) in [6.07, 6.45) is 8.43. The second-order valence-electron chi connectivity index (χ2n) is 8.13. The van der Waals surface area contributed by atoms with Gasteiger partial charge in [-0.05, 0) is 44.0 Å². The number of imidazole rings is 1. The van der Waals surface area contributed by atoms with Crippen LogP contribution in [0.1, 0.15) is 42.5 Å². The van der Waals surface area contributed by atoms with Crippen LogP contribution >= 0.6 is 0 Å². The minimum absolute atomic E-state index is 0.220. The van der Waals surface area contributed by atoms with Crippen LogP contribution in [0.3, 0.4) is 0 Å². The molecule has 0 saturated heterocycles. The number of fused-ring (bicyclic) bond motifs is 1. The number of aryl methyl sites for hydroxylation is 1. The summed E-state index contributed by atoms with van der Waals surface area (Å²) in [5.41, 5.74) is 6.70. The Hall–Kier alpha value is -3.93. The van der Waals surface area contributed by atoms with Gasteiger partial charge >= 0.3 is 5.97 Å². The number of hydrogen-bond acceptors (Lipinski definition) is 7. The molecule has 0 saturated carbocycles. The molecule has 188 valence electrons. The monoisotopic (exact) mass is 484 g/mol. The van der Waals surface area contributed by atoms with Crippen LogP contribution in [-0.2, 0) is 16.1 Å². The minimum Gasteiger partial charge on any atom is -0.480 e. The van der Waals surface area contributed by atoms with E-state index in [1.54, 1.807) is 30.7 Å². The first-order valence-electron chi connectivity index (χ1n) is 11.7. The molecular formula is C23H32N8O4.